The molecule has 1 atom stereocenters. The number of rotatable bonds is 5. The summed E-state index contributed by atoms with van der Waals surface area (Å²) < 4.78 is 5.30. The minimum absolute atomic E-state index is 0.153. The average Bonchev–Trinajstić information content (AvgIpc) is 3.15. The van der Waals surface area contributed by atoms with Crippen molar-refractivity contribution in [1.82, 2.24) is 9.97 Å². The third-order valence-electron chi connectivity index (χ3n) is 4.17. The number of halogens is 1. The lowest BCUT2D eigenvalue weighted by molar-refractivity contribution is -0.500. The van der Waals surface area contributed by atoms with Gasteiger partial charge in [-0.3, -0.25) is 20.2 Å². The van der Waals surface area contributed by atoms with Gasteiger partial charge in [-0.15, -0.1) is 0 Å². The molecule has 2 fully saturated rings. The summed E-state index contributed by atoms with van der Waals surface area (Å²) in [5, 5.41) is 22.9. The Hall–Kier alpha value is -2.08. The van der Waals surface area contributed by atoms with E-state index in [-0.39, 0.29) is 17.5 Å². The minimum atomic E-state index is -1.47. The first-order valence-corrected chi connectivity index (χ1v) is 8.82. The lowest BCUT2D eigenvalue weighted by Crippen LogP contribution is -2.38. The number of hydrogen-bond acceptors (Lipinski definition) is 9. The highest BCUT2D eigenvalue weighted by atomic mass is 79.9. The van der Waals surface area contributed by atoms with Gasteiger partial charge in [0.2, 0.25) is 17.5 Å². The molecule has 0 radical (unpaired) electrons. The van der Waals surface area contributed by atoms with E-state index in [0.29, 0.717) is 39.4 Å². The van der Waals surface area contributed by atoms with E-state index < -0.39 is 20.5 Å². The van der Waals surface area contributed by atoms with Crippen molar-refractivity contribution >= 4 is 33.4 Å². The van der Waals surface area contributed by atoms with Crippen LogP contribution >= 0.6 is 15.9 Å². The minimum Gasteiger partial charge on any atom is -0.378 e. The molecule has 2 saturated heterocycles. The zero-order valence-corrected chi connectivity index (χ0v) is 14.9. The molecular formula is C13H17BrN6O5. The van der Waals surface area contributed by atoms with E-state index in [4.69, 9.17) is 4.74 Å². The fourth-order valence-corrected chi connectivity index (χ4v) is 3.26. The van der Waals surface area contributed by atoms with Crippen LogP contribution in [0.2, 0.25) is 0 Å². The van der Waals surface area contributed by atoms with Crippen molar-refractivity contribution in [2.75, 3.05) is 49.2 Å². The molecule has 12 heteroatoms. The molecule has 0 saturated carbocycles. The Morgan fingerprint density at radius 1 is 1.04 bits per heavy atom. The summed E-state index contributed by atoms with van der Waals surface area (Å²) in [5.41, 5.74) is -0.633. The van der Waals surface area contributed by atoms with Crippen molar-refractivity contribution in [2.24, 2.45) is 0 Å². The van der Waals surface area contributed by atoms with Crippen LogP contribution in [0.5, 0.6) is 0 Å². The molecule has 3 rings (SSSR count). The second kappa shape index (κ2) is 7.44. The van der Waals surface area contributed by atoms with Crippen molar-refractivity contribution in [2.45, 2.75) is 17.8 Å². The summed E-state index contributed by atoms with van der Waals surface area (Å²) in [6.07, 6.45) is 1.80. The maximum atomic E-state index is 11.6. The van der Waals surface area contributed by atoms with E-state index in [2.05, 4.69) is 25.9 Å². The van der Waals surface area contributed by atoms with E-state index in [1.54, 1.807) is 4.90 Å². The molecule has 136 valence electrons. The SMILES string of the molecule is O=[N+]([O-])c1c(C(Br)[N+](=O)[O-])nc(N2CCOCC2)nc1N1CCCC1. The monoisotopic (exact) mass is 416 g/mol. The number of alkyl halides is 1. The maximum absolute atomic E-state index is 11.6. The summed E-state index contributed by atoms with van der Waals surface area (Å²) in [7, 11) is 0. The normalized spacial score (nSPS) is 19.1. The topological polar surface area (TPSA) is 128 Å². The molecule has 3 heterocycles. The summed E-state index contributed by atoms with van der Waals surface area (Å²) >= 11 is 2.91. The van der Waals surface area contributed by atoms with Crippen molar-refractivity contribution in [3.63, 3.8) is 0 Å². The van der Waals surface area contributed by atoms with E-state index in [0.717, 1.165) is 12.8 Å². The molecule has 11 nitrogen and oxygen atoms in total. The van der Waals surface area contributed by atoms with Crippen molar-refractivity contribution in [1.29, 1.82) is 0 Å². The van der Waals surface area contributed by atoms with Crippen molar-refractivity contribution in [3.8, 4) is 0 Å². The Balaban J connectivity index is 2.13. The number of nitro groups is 2. The van der Waals surface area contributed by atoms with Crippen LogP contribution in [0.3, 0.4) is 0 Å². The highest BCUT2D eigenvalue weighted by molar-refractivity contribution is 9.09. The molecule has 25 heavy (non-hydrogen) atoms. The first-order valence-electron chi connectivity index (χ1n) is 7.90. The number of ether oxygens (including phenoxy) is 1. The van der Waals surface area contributed by atoms with Crippen LogP contribution in [-0.2, 0) is 4.74 Å². The molecule has 1 aromatic rings. The Kier molecular flexibility index (Phi) is 5.27. The molecule has 0 aromatic carbocycles. The lowest BCUT2D eigenvalue weighted by atomic mass is 10.3. The third-order valence-corrected chi connectivity index (χ3v) is 4.94. The van der Waals surface area contributed by atoms with Crippen LogP contribution in [0.4, 0.5) is 17.5 Å². The fourth-order valence-electron chi connectivity index (χ4n) is 2.94. The van der Waals surface area contributed by atoms with Gasteiger partial charge in [0.05, 0.1) is 18.1 Å². The Labute approximate surface area is 151 Å². The van der Waals surface area contributed by atoms with Gasteiger partial charge in [0, 0.05) is 47.0 Å². The van der Waals surface area contributed by atoms with Gasteiger partial charge in [-0.2, -0.15) is 4.98 Å². The Morgan fingerprint density at radius 3 is 2.24 bits per heavy atom. The smallest absolute Gasteiger partial charge is 0.341 e. The largest absolute Gasteiger partial charge is 0.378 e. The number of hydrogen-bond donors (Lipinski definition) is 0. The van der Waals surface area contributed by atoms with Gasteiger partial charge in [0.15, 0.2) is 0 Å². The second-order valence-corrected chi connectivity index (χ2v) is 6.62. The highest BCUT2D eigenvalue weighted by Crippen LogP contribution is 2.38. The first-order chi connectivity index (χ1) is 12.0. The van der Waals surface area contributed by atoms with E-state index in [1.165, 1.54) is 0 Å². The summed E-state index contributed by atoms with van der Waals surface area (Å²) in [4.78, 5) is 32.3. The predicted octanol–water partition coefficient (Wildman–Crippen LogP) is 1.49. The summed E-state index contributed by atoms with van der Waals surface area (Å²) in [6.45, 7) is 3.30. The van der Waals surface area contributed by atoms with E-state index in [9.17, 15) is 20.2 Å². The van der Waals surface area contributed by atoms with Crippen LogP contribution in [0, 0.1) is 20.2 Å². The van der Waals surface area contributed by atoms with Crippen LogP contribution < -0.4 is 9.80 Å². The fraction of sp³-hybridized carbons (Fsp3) is 0.692. The number of anilines is 2. The van der Waals surface area contributed by atoms with Gasteiger partial charge in [-0.25, -0.2) is 4.98 Å². The Bertz CT molecular complexity index is 677. The quantitative estimate of drug-likeness (QED) is 0.303. The van der Waals surface area contributed by atoms with Crippen molar-refractivity contribution < 1.29 is 14.6 Å². The number of morpholine rings is 1. The molecule has 0 N–H and O–H groups in total. The van der Waals surface area contributed by atoms with E-state index >= 15 is 0 Å². The summed E-state index contributed by atoms with van der Waals surface area (Å²) in [6, 6.07) is 0. The van der Waals surface area contributed by atoms with Gasteiger partial charge in [-0.05, 0) is 12.8 Å². The van der Waals surface area contributed by atoms with Crippen LogP contribution in [0.25, 0.3) is 0 Å². The zero-order chi connectivity index (χ0) is 18.0. The molecule has 0 amide bonds. The molecule has 2 aliphatic rings. The average molecular weight is 417 g/mol. The molecule has 1 aromatic heterocycles. The van der Waals surface area contributed by atoms with Gasteiger partial charge in [0.1, 0.15) is 0 Å². The first kappa shape index (κ1) is 17.7. The van der Waals surface area contributed by atoms with E-state index in [1.807, 2.05) is 4.90 Å². The molecule has 0 bridgehead atoms. The molecule has 0 spiro atoms. The highest BCUT2D eigenvalue weighted by Gasteiger charge is 2.38. The number of aromatic nitrogens is 2. The van der Waals surface area contributed by atoms with Gasteiger partial charge < -0.3 is 14.5 Å². The number of nitrogens with zero attached hydrogens (tertiary/aromatic N) is 6. The molecule has 0 aliphatic carbocycles. The predicted molar refractivity (Wildman–Crippen MR) is 91.8 cm³/mol. The third kappa shape index (κ3) is 3.63. The van der Waals surface area contributed by atoms with Crippen LogP contribution in [0.1, 0.15) is 23.5 Å². The van der Waals surface area contributed by atoms with Gasteiger partial charge >= 0.3 is 10.6 Å². The standard InChI is InChI=1S/C13H17BrN6O5/c14-11(20(23)24)9-10(19(21)22)12(17-3-1-2-4-17)16-13(15-9)18-5-7-25-8-6-18/h11H,1-8H2. The Morgan fingerprint density at radius 2 is 1.68 bits per heavy atom. The second-order valence-electron chi connectivity index (χ2n) is 5.75. The van der Waals surface area contributed by atoms with Crippen LogP contribution in [-0.4, -0.2) is 59.2 Å². The molecule has 1 unspecified atom stereocenters. The van der Waals surface area contributed by atoms with Gasteiger partial charge in [-0.1, -0.05) is 0 Å². The summed E-state index contributed by atoms with van der Waals surface area (Å²) in [5.74, 6) is 0.414. The van der Waals surface area contributed by atoms with Crippen LogP contribution in [0.15, 0.2) is 0 Å². The maximum Gasteiger partial charge on any atom is 0.341 e. The zero-order valence-electron chi connectivity index (χ0n) is 13.3. The molecule has 2 aliphatic heterocycles. The lowest BCUT2D eigenvalue weighted by Gasteiger charge is -2.28. The van der Waals surface area contributed by atoms with Crippen molar-refractivity contribution in [3.05, 3.63) is 25.9 Å². The van der Waals surface area contributed by atoms with Gasteiger partial charge in [0.25, 0.3) is 0 Å². The molecular weight excluding hydrogens is 400 g/mol.